The molecule has 5 heterocycles. The maximum atomic E-state index is 13.2. The average Bonchev–Trinajstić information content (AvgIpc) is 3.48. The smallest absolute Gasteiger partial charge is 0.261 e. The number of aryl methyl sites for hydroxylation is 2. The van der Waals surface area contributed by atoms with Gasteiger partial charge in [-0.25, -0.2) is 4.98 Å². The van der Waals surface area contributed by atoms with Gasteiger partial charge in [-0.1, -0.05) is 0 Å². The SMILES string of the molecule is COc1ccc2[nH]cc(CCn3ccc4c(cnc5nc(-c6ccncc6)nn54)c3=O)c2c1. The third kappa shape index (κ3) is 3.21. The predicted molar refractivity (Wildman–Crippen MR) is 124 cm³/mol. The van der Waals surface area contributed by atoms with Gasteiger partial charge >= 0.3 is 0 Å². The Bertz CT molecular complexity index is 1680. The molecule has 0 aliphatic heterocycles. The van der Waals surface area contributed by atoms with Gasteiger partial charge in [0.05, 0.1) is 18.0 Å². The largest absolute Gasteiger partial charge is 0.497 e. The number of nitrogens with zero attached hydrogens (tertiary/aromatic N) is 6. The lowest BCUT2D eigenvalue weighted by Crippen LogP contribution is -2.21. The number of hydrogen-bond acceptors (Lipinski definition) is 6. The maximum absolute atomic E-state index is 13.2. The van der Waals surface area contributed by atoms with Crippen molar-refractivity contribution in [1.82, 2.24) is 34.1 Å². The minimum atomic E-state index is -0.111. The Balaban J connectivity index is 1.35. The van der Waals surface area contributed by atoms with Crippen molar-refractivity contribution in [1.29, 1.82) is 0 Å². The van der Waals surface area contributed by atoms with Gasteiger partial charge in [0, 0.05) is 54.0 Å². The summed E-state index contributed by atoms with van der Waals surface area (Å²) >= 11 is 0. The topological polar surface area (TPSA) is 103 Å². The molecule has 6 aromatic rings. The number of benzene rings is 1. The number of rotatable bonds is 5. The van der Waals surface area contributed by atoms with Crippen LogP contribution in [0.2, 0.25) is 0 Å². The molecule has 0 atom stereocenters. The molecule has 0 fully saturated rings. The average molecular weight is 437 g/mol. The number of aromatic nitrogens is 7. The van der Waals surface area contributed by atoms with Gasteiger partial charge in [-0.05, 0) is 48.4 Å². The van der Waals surface area contributed by atoms with Crippen LogP contribution in [0.5, 0.6) is 5.75 Å². The summed E-state index contributed by atoms with van der Waals surface area (Å²) in [5.41, 5.74) is 3.57. The molecule has 9 nitrogen and oxygen atoms in total. The molecule has 0 aliphatic carbocycles. The summed E-state index contributed by atoms with van der Waals surface area (Å²) in [5.74, 6) is 1.79. The van der Waals surface area contributed by atoms with Gasteiger partial charge in [0.25, 0.3) is 11.3 Å². The molecule has 162 valence electrons. The number of H-pyrrole nitrogens is 1. The zero-order chi connectivity index (χ0) is 22.4. The van der Waals surface area contributed by atoms with E-state index in [9.17, 15) is 4.79 Å². The molecular formula is C24H19N7O2. The Morgan fingerprint density at radius 3 is 2.82 bits per heavy atom. The molecule has 33 heavy (non-hydrogen) atoms. The maximum Gasteiger partial charge on any atom is 0.261 e. The highest BCUT2D eigenvalue weighted by Crippen LogP contribution is 2.24. The Hall–Kier alpha value is -4.53. The van der Waals surface area contributed by atoms with Crippen molar-refractivity contribution in [3.05, 3.63) is 83.3 Å². The van der Waals surface area contributed by atoms with Crippen molar-refractivity contribution in [3.63, 3.8) is 0 Å². The molecule has 0 saturated heterocycles. The van der Waals surface area contributed by atoms with E-state index in [1.807, 2.05) is 42.6 Å². The summed E-state index contributed by atoms with van der Waals surface area (Å²) in [4.78, 5) is 29.4. The second-order valence-electron chi connectivity index (χ2n) is 7.73. The Morgan fingerprint density at radius 1 is 1.09 bits per heavy atom. The van der Waals surface area contributed by atoms with Crippen LogP contribution in [0.4, 0.5) is 0 Å². The molecule has 0 radical (unpaired) electrons. The number of methoxy groups -OCH3 is 1. The second kappa shape index (κ2) is 7.56. The van der Waals surface area contributed by atoms with E-state index in [2.05, 4.69) is 25.0 Å². The first-order chi connectivity index (χ1) is 16.2. The molecule has 5 aromatic heterocycles. The molecule has 1 N–H and O–H groups in total. The Morgan fingerprint density at radius 2 is 1.97 bits per heavy atom. The minimum absolute atomic E-state index is 0.111. The number of nitrogens with one attached hydrogen (secondary N) is 1. The highest BCUT2D eigenvalue weighted by molar-refractivity contribution is 5.84. The standard InChI is InChI=1S/C24H19N7O2/c1-33-17-2-3-20-18(12-17)16(13-26-20)6-10-30-11-7-21-19(23(30)32)14-27-24-28-22(29-31(21)24)15-4-8-25-9-5-15/h2-5,7-9,11-14,26H,6,10H2,1H3. The quantitative estimate of drug-likeness (QED) is 0.444. The second-order valence-corrected chi connectivity index (χ2v) is 7.73. The van der Waals surface area contributed by atoms with E-state index in [-0.39, 0.29) is 5.56 Å². The molecule has 6 rings (SSSR count). The zero-order valence-electron chi connectivity index (χ0n) is 17.8. The van der Waals surface area contributed by atoms with Crippen molar-refractivity contribution >= 4 is 27.6 Å². The van der Waals surface area contributed by atoms with Crippen LogP contribution in [0.15, 0.2) is 72.2 Å². The fourth-order valence-electron chi connectivity index (χ4n) is 4.09. The van der Waals surface area contributed by atoms with Crippen molar-refractivity contribution in [2.75, 3.05) is 7.11 Å². The van der Waals surface area contributed by atoms with Crippen LogP contribution in [0.3, 0.4) is 0 Å². The van der Waals surface area contributed by atoms with E-state index >= 15 is 0 Å². The Labute approximate surface area is 187 Å². The van der Waals surface area contributed by atoms with Crippen LogP contribution in [-0.2, 0) is 13.0 Å². The summed E-state index contributed by atoms with van der Waals surface area (Å²) in [7, 11) is 1.66. The molecule has 0 amide bonds. The van der Waals surface area contributed by atoms with E-state index in [4.69, 9.17) is 4.74 Å². The van der Waals surface area contributed by atoms with Gasteiger partial charge in [0.2, 0.25) is 0 Å². The van der Waals surface area contributed by atoms with Crippen LogP contribution in [0, 0.1) is 0 Å². The molecule has 1 aromatic carbocycles. The third-order valence-corrected chi connectivity index (χ3v) is 5.84. The minimum Gasteiger partial charge on any atom is -0.497 e. The first kappa shape index (κ1) is 19.2. The summed E-state index contributed by atoms with van der Waals surface area (Å²) in [6.45, 7) is 0.538. The molecule has 0 spiro atoms. The van der Waals surface area contributed by atoms with E-state index < -0.39 is 0 Å². The molecule has 0 saturated carbocycles. The summed E-state index contributed by atoms with van der Waals surface area (Å²) in [5, 5.41) is 6.16. The van der Waals surface area contributed by atoms with Gasteiger partial charge in [-0.3, -0.25) is 9.78 Å². The first-order valence-electron chi connectivity index (χ1n) is 10.5. The number of fused-ring (bicyclic) bond motifs is 4. The number of aromatic amines is 1. The van der Waals surface area contributed by atoms with Crippen LogP contribution in [0.25, 0.3) is 39.0 Å². The van der Waals surface area contributed by atoms with Crippen molar-refractivity contribution in [2.24, 2.45) is 0 Å². The fraction of sp³-hybridized carbons (Fsp3) is 0.125. The van der Waals surface area contributed by atoms with Crippen LogP contribution in [0.1, 0.15) is 5.56 Å². The van der Waals surface area contributed by atoms with Crippen molar-refractivity contribution in [3.8, 4) is 17.1 Å². The van der Waals surface area contributed by atoms with Gasteiger partial charge in [-0.2, -0.15) is 9.50 Å². The lowest BCUT2D eigenvalue weighted by molar-refractivity contribution is 0.415. The fourth-order valence-corrected chi connectivity index (χ4v) is 4.09. The monoisotopic (exact) mass is 437 g/mol. The molecule has 0 bridgehead atoms. The van der Waals surface area contributed by atoms with E-state index in [1.165, 1.54) is 0 Å². The van der Waals surface area contributed by atoms with E-state index in [0.29, 0.717) is 35.5 Å². The highest BCUT2D eigenvalue weighted by Gasteiger charge is 2.13. The van der Waals surface area contributed by atoms with Crippen molar-refractivity contribution < 1.29 is 4.74 Å². The number of pyridine rings is 2. The summed E-state index contributed by atoms with van der Waals surface area (Å²) in [6.07, 6.45) is 9.43. The van der Waals surface area contributed by atoms with Crippen molar-refractivity contribution in [2.45, 2.75) is 13.0 Å². The molecule has 9 heteroatoms. The number of ether oxygens (including phenoxy) is 1. The van der Waals surface area contributed by atoms with Crippen LogP contribution in [-0.4, -0.2) is 41.2 Å². The lowest BCUT2D eigenvalue weighted by Gasteiger charge is -2.08. The summed E-state index contributed by atoms with van der Waals surface area (Å²) in [6, 6.07) is 11.5. The van der Waals surface area contributed by atoms with E-state index in [0.717, 1.165) is 27.8 Å². The van der Waals surface area contributed by atoms with Gasteiger partial charge in [-0.15, -0.1) is 5.10 Å². The van der Waals surface area contributed by atoms with Gasteiger partial charge in [0.15, 0.2) is 5.82 Å². The van der Waals surface area contributed by atoms with Crippen LogP contribution >= 0.6 is 0 Å². The molecule has 0 aliphatic rings. The van der Waals surface area contributed by atoms with Crippen LogP contribution < -0.4 is 10.3 Å². The normalized spacial score (nSPS) is 11.5. The van der Waals surface area contributed by atoms with Gasteiger partial charge < -0.3 is 14.3 Å². The highest BCUT2D eigenvalue weighted by atomic mass is 16.5. The lowest BCUT2D eigenvalue weighted by atomic mass is 10.1. The predicted octanol–water partition coefficient (Wildman–Crippen LogP) is 3.23. The first-order valence-corrected chi connectivity index (χ1v) is 10.5. The zero-order valence-corrected chi connectivity index (χ0v) is 17.8. The summed E-state index contributed by atoms with van der Waals surface area (Å²) < 4.78 is 8.67. The molecule has 0 unspecified atom stereocenters. The number of hydrogen-bond donors (Lipinski definition) is 1. The van der Waals surface area contributed by atoms with Gasteiger partial charge in [0.1, 0.15) is 5.75 Å². The molecular weight excluding hydrogens is 418 g/mol. The Kier molecular flexibility index (Phi) is 4.39. The van der Waals surface area contributed by atoms with E-state index in [1.54, 1.807) is 41.0 Å². The third-order valence-electron chi connectivity index (χ3n) is 5.84.